The summed E-state index contributed by atoms with van der Waals surface area (Å²) in [5.74, 6) is -0.0868. The molecule has 2 aliphatic heterocycles. The predicted octanol–water partition coefficient (Wildman–Crippen LogP) is 5.72. The van der Waals surface area contributed by atoms with E-state index in [4.69, 9.17) is 9.72 Å². The molecule has 1 amide bonds. The Morgan fingerprint density at radius 3 is 2.55 bits per heavy atom. The molecule has 6 heteroatoms. The van der Waals surface area contributed by atoms with Crippen molar-refractivity contribution in [1.29, 1.82) is 0 Å². The van der Waals surface area contributed by atoms with E-state index in [0.29, 0.717) is 10.7 Å². The zero-order valence-corrected chi connectivity index (χ0v) is 19.9. The van der Waals surface area contributed by atoms with Gasteiger partial charge in [-0.1, -0.05) is 53.7 Å². The maximum atomic E-state index is 13.8. The second-order valence-corrected chi connectivity index (χ2v) is 10.6. The molecule has 0 radical (unpaired) electrons. The summed E-state index contributed by atoms with van der Waals surface area (Å²) >= 11 is 1.50. The van der Waals surface area contributed by atoms with Gasteiger partial charge >= 0.3 is 0 Å². The number of rotatable bonds is 2. The first-order chi connectivity index (χ1) is 15.9. The van der Waals surface area contributed by atoms with Crippen molar-refractivity contribution in [1.82, 2.24) is 4.98 Å². The molecular weight excluding hydrogens is 432 g/mol. The third-order valence-corrected chi connectivity index (χ3v) is 8.18. The molecule has 0 saturated heterocycles. The molecule has 3 aromatic rings. The largest absolute Gasteiger partial charge is 0.483 e. The van der Waals surface area contributed by atoms with Gasteiger partial charge in [0.1, 0.15) is 6.10 Å². The predicted molar refractivity (Wildman–Crippen MR) is 129 cm³/mol. The molecule has 5 nitrogen and oxygen atoms in total. The molecule has 3 unspecified atom stereocenters. The molecule has 3 atom stereocenters. The number of Topliss-reactive ketones (excluding diaryl/α,β-unsaturated/α-hetero) is 1. The highest BCUT2D eigenvalue weighted by Gasteiger charge is 2.53. The van der Waals surface area contributed by atoms with Gasteiger partial charge in [-0.3, -0.25) is 14.5 Å². The van der Waals surface area contributed by atoms with Crippen LogP contribution in [0.2, 0.25) is 0 Å². The van der Waals surface area contributed by atoms with Gasteiger partial charge in [-0.25, -0.2) is 4.98 Å². The minimum Gasteiger partial charge on any atom is -0.483 e. The number of nitrogens with zero attached hydrogens (tertiary/aromatic N) is 2. The minimum atomic E-state index is -0.509. The van der Waals surface area contributed by atoms with Crippen molar-refractivity contribution in [3.63, 3.8) is 0 Å². The number of hydrogen-bond donors (Lipinski definition) is 0. The van der Waals surface area contributed by atoms with Gasteiger partial charge in [0.05, 0.1) is 27.7 Å². The van der Waals surface area contributed by atoms with Crippen molar-refractivity contribution >= 4 is 38.4 Å². The molecule has 33 heavy (non-hydrogen) atoms. The fraction of sp³-hybridized carbons (Fsp3) is 0.370. The van der Waals surface area contributed by atoms with Gasteiger partial charge in [0.25, 0.3) is 5.91 Å². The Morgan fingerprint density at radius 2 is 1.76 bits per heavy atom. The van der Waals surface area contributed by atoms with Crippen LogP contribution in [-0.2, 0) is 14.3 Å². The van der Waals surface area contributed by atoms with Crippen LogP contribution in [0.25, 0.3) is 10.2 Å². The van der Waals surface area contributed by atoms with Crippen LogP contribution in [0.3, 0.4) is 0 Å². The van der Waals surface area contributed by atoms with E-state index in [1.807, 2.05) is 38.1 Å². The summed E-state index contributed by atoms with van der Waals surface area (Å²) in [4.78, 5) is 34.1. The second-order valence-electron chi connectivity index (χ2n) is 9.57. The van der Waals surface area contributed by atoms with Crippen LogP contribution in [0.15, 0.2) is 47.7 Å². The lowest BCUT2D eigenvalue weighted by molar-refractivity contribution is -0.131. The number of ketones is 1. The number of hydrogen-bond acceptors (Lipinski definition) is 5. The van der Waals surface area contributed by atoms with E-state index >= 15 is 0 Å². The van der Waals surface area contributed by atoms with E-state index < -0.39 is 6.04 Å². The van der Waals surface area contributed by atoms with Crippen LogP contribution in [0.5, 0.6) is 0 Å². The van der Waals surface area contributed by atoms with Crippen molar-refractivity contribution in [2.75, 3.05) is 4.90 Å². The SMILES string of the molecule is Cc1ccc(C2C3=C(OC4CCCCC4C3=O)C(=O)N2c2nc3c(C)cc(C)cc3s2)cc1. The molecule has 0 spiro atoms. The average Bonchev–Trinajstić information content (AvgIpc) is 3.34. The van der Waals surface area contributed by atoms with E-state index in [9.17, 15) is 9.59 Å². The molecule has 1 aliphatic carbocycles. The van der Waals surface area contributed by atoms with Crippen molar-refractivity contribution in [3.05, 3.63) is 70.0 Å². The Balaban J connectivity index is 1.52. The number of ether oxygens (including phenoxy) is 1. The van der Waals surface area contributed by atoms with Gasteiger partial charge in [0, 0.05) is 0 Å². The number of carbonyl (C=O) groups is 2. The molecule has 1 aromatic heterocycles. The molecule has 1 saturated carbocycles. The zero-order valence-electron chi connectivity index (χ0n) is 19.1. The molecular formula is C27H26N2O3S. The summed E-state index contributed by atoms with van der Waals surface area (Å²) in [6, 6.07) is 11.8. The number of aryl methyl sites for hydroxylation is 3. The number of aromatic nitrogens is 1. The highest BCUT2D eigenvalue weighted by molar-refractivity contribution is 7.22. The number of amides is 1. The lowest BCUT2D eigenvalue weighted by atomic mass is 9.77. The van der Waals surface area contributed by atoms with Gasteiger partial charge in [0.2, 0.25) is 0 Å². The van der Waals surface area contributed by atoms with E-state index in [1.165, 1.54) is 11.3 Å². The van der Waals surface area contributed by atoms with Crippen LogP contribution in [-0.4, -0.2) is 22.8 Å². The second kappa shape index (κ2) is 7.52. The summed E-state index contributed by atoms with van der Waals surface area (Å²) in [6.07, 6.45) is 3.53. The lowest BCUT2D eigenvalue weighted by Gasteiger charge is -2.35. The van der Waals surface area contributed by atoms with E-state index in [1.54, 1.807) is 4.90 Å². The standard InChI is InChI=1S/C27H26N2O3S/c1-14-8-10-17(11-9-14)23-21-24(30)18-6-4-5-7-19(18)32-25(21)26(31)29(23)27-28-22-16(3)12-15(2)13-20(22)33-27/h8-13,18-19,23H,4-7H2,1-3H3. The van der Waals surface area contributed by atoms with Crippen molar-refractivity contribution in [3.8, 4) is 0 Å². The number of thiazole rings is 1. The monoisotopic (exact) mass is 458 g/mol. The molecule has 1 fully saturated rings. The minimum absolute atomic E-state index is 0.0792. The molecule has 0 N–H and O–H groups in total. The fourth-order valence-electron chi connectivity index (χ4n) is 5.57. The zero-order chi connectivity index (χ0) is 22.9. The van der Waals surface area contributed by atoms with Gasteiger partial charge in [0.15, 0.2) is 16.7 Å². The Hall–Kier alpha value is -2.99. The highest BCUT2D eigenvalue weighted by atomic mass is 32.1. The van der Waals surface area contributed by atoms with Crippen LogP contribution in [0.4, 0.5) is 5.13 Å². The maximum absolute atomic E-state index is 13.8. The first kappa shape index (κ1) is 20.6. The normalized spacial score (nSPS) is 24.8. The van der Waals surface area contributed by atoms with Gasteiger partial charge in [-0.05, 0) is 62.8 Å². The van der Waals surface area contributed by atoms with E-state index in [0.717, 1.165) is 58.2 Å². The topological polar surface area (TPSA) is 59.5 Å². The number of carbonyl (C=O) groups excluding carboxylic acids is 2. The van der Waals surface area contributed by atoms with Crippen LogP contribution >= 0.6 is 11.3 Å². The van der Waals surface area contributed by atoms with Crippen LogP contribution in [0.1, 0.15) is 54.0 Å². The molecule has 6 rings (SSSR count). The van der Waals surface area contributed by atoms with Crippen molar-refractivity contribution in [2.45, 2.75) is 58.6 Å². The smallest absolute Gasteiger partial charge is 0.296 e. The van der Waals surface area contributed by atoms with Gasteiger partial charge in [-0.15, -0.1) is 0 Å². The van der Waals surface area contributed by atoms with E-state index in [-0.39, 0.29) is 29.5 Å². The third kappa shape index (κ3) is 3.15. The Bertz CT molecular complexity index is 1340. The first-order valence-corrected chi connectivity index (χ1v) is 12.5. The van der Waals surface area contributed by atoms with Crippen LogP contribution in [0, 0.1) is 26.7 Å². The van der Waals surface area contributed by atoms with E-state index in [2.05, 4.69) is 19.1 Å². The summed E-state index contributed by atoms with van der Waals surface area (Å²) < 4.78 is 7.33. The number of benzene rings is 2. The fourth-order valence-corrected chi connectivity index (χ4v) is 6.74. The number of fused-ring (bicyclic) bond motifs is 2. The van der Waals surface area contributed by atoms with Crippen molar-refractivity contribution in [2.24, 2.45) is 5.92 Å². The summed E-state index contributed by atoms with van der Waals surface area (Å²) in [5, 5.41) is 0.614. The molecule has 3 heterocycles. The quantitative estimate of drug-likeness (QED) is 0.493. The summed E-state index contributed by atoms with van der Waals surface area (Å²) in [6.45, 7) is 6.14. The molecule has 2 aromatic carbocycles. The van der Waals surface area contributed by atoms with Crippen molar-refractivity contribution < 1.29 is 14.3 Å². The Kier molecular flexibility index (Phi) is 4.70. The summed E-state index contributed by atoms with van der Waals surface area (Å²) in [7, 11) is 0. The highest BCUT2D eigenvalue weighted by Crippen LogP contribution is 2.49. The molecule has 3 aliphatic rings. The van der Waals surface area contributed by atoms with Crippen LogP contribution < -0.4 is 4.90 Å². The molecule has 168 valence electrons. The Labute approximate surface area is 197 Å². The third-order valence-electron chi connectivity index (χ3n) is 7.18. The Morgan fingerprint density at radius 1 is 1.00 bits per heavy atom. The molecule has 0 bridgehead atoms. The average molecular weight is 459 g/mol. The first-order valence-electron chi connectivity index (χ1n) is 11.7. The van der Waals surface area contributed by atoms with Gasteiger partial charge in [-0.2, -0.15) is 0 Å². The summed E-state index contributed by atoms with van der Waals surface area (Å²) in [5.41, 5.74) is 5.71. The number of anilines is 1. The lowest BCUT2D eigenvalue weighted by Crippen LogP contribution is -2.39. The maximum Gasteiger partial charge on any atom is 0.296 e. The van der Waals surface area contributed by atoms with Gasteiger partial charge < -0.3 is 4.74 Å².